The Balaban J connectivity index is 2.10. The van der Waals surface area contributed by atoms with Gasteiger partial charge in [0.15, 0.2) is 0 Å². The quantitative estimate of drug-likeness (QED) is 0.801. The van der Waals surface area contributed by atoms with E-state index in [1.54, 1.807) is 16.4 Å². The Labute approximate surface area is 142 Å². The van der Waals surface area contributed by atoms with Gasteiger partial charge in [-0.15, -0.1) is 11.3 Å². The number of rotatable bonds is 5. The number of sulfonamides is 1. The second kappa shape index (κ2) is 7.15. The van der Waals surface area contributed by atoms with Crippen LogP contribution in [0.4, 0.5) is 0 Å². The molecule has 1 saturated heterocycles. The third-order valence-electron chi connectivity index (χ3n) is 4.02. The van der Waals surface area contributed by atoms with Crippen LogP contribution in [-0.4, -0.2) is 74.9 Å². The highest BCUT2D eigenvalue weighted by Gasteiger charge is 2.36. The van der Waals surface area contributed by atoms with Crippen molar-refractivity contribution >= 4 is 33.0 Å². The SMILES string of the molecule is CC1CN(S(=O)(=O)c2ccc(Cl)s2)CC(C)N1CCN(C)C. The highest BCUT2D eigenvalue weighted by atomic mass is 35.5. The van der Waals surface area contributed by atoms with Crippen molar-refractivity contribution in [2.45, 2.75) is 30.1 Å². The van der Waals surface area contributed by atoms with E-state index in [9.17, 15) is 8.42 Å². The minimum absolute atomic E-state index is 0.203. The molecule has 0 saturated carbocycles. The first-order valence-corrected chi connectivity index (χ1v) is 10.0. The van der Waals surface area contributed by atoms with Crippen molar-refractivity contribution in [1.82, 2.24) is 14.1 Å². The first-order chi connectivity index (χ1) is 10.2. The van der Waals surface area contributed by atoms with Gasteiger partial charge in [0.2, 0.25) is 0 Å². The third-order valence-corrected chi connectivity index (χ3v) is 7.55. The van der Waals surface area contributed by atoms with E-state index in [2.05, 4.69) is 37.7 Å². The van der Waals surface area contributed by atoms with Gasteiger partial charge < -0.3 is 4.90 Å². The first kappa shape index (κ1) is 18.2. The van der Waals surface area contributed by atoms with Crippen molar-refractivity contribution < 1.29 is 8.42 Å². The van der Waals surface area contributed by atoms with Gasteiger partial charge in [-0.3, -0.25) is 4.90 Å². The molecule has 0 N–H and O–H groups in total. The Bertz CT molecular complexity index is 591. The van der Waals surface area contributed by atoms with Crippen LogP contribution in [-0.2, 0) is 10.0 Å². The van der Waals surface area contributed by atoms with Crippen LogP contribution in [0.5, 0.6) is 0 Å². The zero-order valence-electron chi connectivity index (χ0n) is 13.5. The molecule has 0 aliphatic carbocycles. The van der Waals surface area contributed by atoms with E-state index >= 15 is 0 Å². The van der Waals surface area contributed by atoms with E-state index in [1.807, 2.05) is 0 Å². The lowest BCUT2D eigenvalue weighted by Gasteiger charge is -2.44. The van der Waals surface area contributed by atoms with Crippen molar-refractivity contribution in [2.24, 2.45) is 0 Å². The molecule has 0 radical (unpaired) electrons. The summed E-state index contributed by atoms with van der Waals surface area (Å²) in [6.45, 7) is 7.16. The molecule has 2 heterocycles. The molecule has 2 rings (SSSR count). The normalized spacial score (nSPS) is 25.0. The molecule has 5 nitrogen and oxygen atoms in total. The van der Waals surface area contributed by atoms with Crippen LogP contribution in [0.1, 0.15) is 13.8 Å². The van der Waals surface area contributed by atoms with Gasteiger partial charge in [0, 0.05) is 38.3 Å². The maximum absolute atomic E-state index is 12.7. The molecule has 1 fully saturated rings. The maximum atomic E-state index is 12.7. The molecule has 0 bridgehead atoms. The van der Waals surface area contributed by atoms with Gasteiger partial charge in [-0.2, -0.15) is 4.31 Å². The van der Waals surface area contributed by atoms with Crippen molar-refractivity contribution in [3.8, 4) is 0 Å². The van der Waals surface area contributed by atoms with Gasteiger partial charge in [-0.05, 0) is 40.1 Å². The zero-order valence-corrected chi connectivity index (χ0v) is 15.9. The monoisotopic (exact) mass is 365 g/mol. The highest BCUT2D eigenvalue weighted by Crippen LogP contribution is 2.30. The summed E-state index contributed by atoms with van der Waals surface area (Å²) in [5, 5.41) is 0. The third kappa shape index (κ3) is 4.01. The van der Waals surface area contributed by atoms with Crippen LogP contribution < -0.4 is 0 Å². The fraction of sp³-hybridized carbons (Fsp3) is 0.714. The summed E-state index contributed by atoms with van der Waals surface area (Å²) < 4.78 is 27.9. The Kier molecular flexibility index (Phi) is 5.90. The Morgan fingerprint density at radius 2 is 1.86 bits per heavy atom. The van der Waals surface area contributed by atoms with Gasteiger partial charge in [0.25, 0.3) is 10.0 Å². The lowest BCUT2D eigenvalue weighted by molar-refractivity contribution is 0.0709. The van der Waals surface area contributed by atoms with Gasteiger partial charge in [0.05, 0.1) is 4.34 Å². The zero-order chi connectivity index (χ0) is 16.5. The van der Waals surface area contributed by atoms with Crippen molar-refractivity contribution in [3.05, 3.63) is 16.5 Å². The minimum Gasteiger partial charge on any atom is -0.308 e. The lowest BCUT2D eigenvalue weighted by atomic mass is 10.1. The Morgan fingerprint density at radius 3 is 2.32 bits per heavy atom. The predicted octanol–water partition coefficient (Wildman–Crippen LogP) is 2.05. The standard InChI is InChI=1S/C14H24ClN3O2S2/c1-11-9-17(10-12(2)18(11)8-7-16(3)4)22(19,20)14-6-5-13(15)21-14/h5-6,11-12H,7-10H2,1-4H3. The molecule has 2 atom stereocenters. The predicted molar refractivity (Wildman–Crippen MR) is 92.3 cm³/mol. The molecule has 0 amide bonds. The molecule has 1 aromatic heterocycles. The van der Waals surface area contributed by atoms with Crippen LogP contribution in [0.25, 0.3) is 0 Å². The second-order valence-corrected chi connectivity index (χ2v) is 10.00. The van der Waals surface area contributed by atoms with E-state index in [1.165, 1.54) is 0 Å². The summed E-state index contributed by atoms with van der Waals surface area (Å²) in [4.78, 5) is 4.53. The second-order valence-electron chi connectivity index (χ2n) is 6.12. The van der Waals surface area contributed by atoms with Crippen molar-refractivity contribution in [1.29, 1.82) is 0 Å². The number of likely N-dealkylation sites (N-methyl/N-ethyl adjacent to an activating group) is 1. The van der Waals surface area contributed by atoms with E-state index in [4.69, 9.17) is 11.6 Å². The average molecular weight is 366 g/mol. The largest absolute Gasteiger partial charge is 0.308 e. The summed E-state index contributed by atoms with van der Waals surface area (Å²) in [6.07, 6.45) is 0. The van der Waals surface area contributed by atoms with Crippen LogP contribution in [0.15, 0.2) is 16.3 Å². The average Bonchev–Trinajstić information content (AvgIpc) is 2.84. The molecule has 8 heteroatoms. The van der Waals surface area contributed by atoms with Gasteiger partial charge >= 0.3 is 0 Å². The molecule has 1 aromatic rings. The molecule has 22 heavy (non-hydrogen) atoms. The number of hydrogen-bond donors (Lipinski definition) is 0. The summed E-state index contributed by atoms with van der Waals surface area (Å²) in [6, 6.07) is 3.64. The van der Waals surface area contributed by atoms with E-state index in [0.717, 1.165) is 24.4 Å². The maximum Gasteiger partial charge on any atom is 0.252 e. The van der Waals surface area contributed by atoms with Crippen molar-refractivity contribution in [2.75, 3.05) is 40.3 Å². The topological polar surface area (TPSA) is 43.9 Å². The molecule has 1 aliphatic heterocycles. The van der Waals surface area contributed by atoms with Gasteiger partial charge in [-0.1, -0.05) is 11.6 Å². The van der Waals surface area contributed by atoms with Crippen LogP contribution in [0, 0.1) is 0 Å². The van der Waals surface area contributed by atoms with Crippen LogP contribution in [0.3, 0.4) is 0 Å². The number of halogens is 1. The fourth-order valence-electron chi connectivity index (χ4n) is 2.82. The lowest BCUT2D eigenvalue weighted by Crippen LogP contribution is -2.58. The van der Waals surface area contributed by atoms with Crippen LogP contribution in [0.2, 0.25) is 4.34 Å². The van der Waals surface area contributed by atoms with Gasteiger partial charge in [-0.25, -0.2) is 8.42 Å². The summed E-state index contributed by atoms with van der Waals surface area (Å²) in [5.41, 5.74) is 0. The molecule has 0 aromatic carbocycles. The van der Waals surface area contributed by atoms with E-state index in [-0.39, 0.29) is 12.1 Å². The van der Waals surface area contributed by atoms with Crippen LogP contribution >= 0.6 is 22.9 Å². The molecular formula is C14H24ClN3O2S2. The summed E-state index contributed by atoms with van der Waals surface area (Å²) >= 11 is 7.00. The summed E-state index contributed by atoms with van der Waals surface area (Å²) in [5.74, 6) is 0. The number of thiophene rings is 1. The Morgan fingerprint density at radius 1 is 1.27 bits per heavy atom. The van der Waals surface area contributed by atoms with Crippen molar-refractivity contribution in [3.63, 3.8) is 0 Å². The molecule has 126 valence electrons. The van der Waals surface area contributed by atoms with E-state index in [0.29, 0.717) is 21.6 Å². The summed E-state index contributed by atoms with van der Waals surface area (Å²) in [7, 11) is 0.673. The molecule has 0 spiro atoms. The molecule has 1 aliphatic rings. The van der Waals surface area contributed by atoms with Gasteiger partial charge in [0.1, 0.15) is 4.21 Å². The first-order valence-electron chi connectivity index (χ1n) is 7.37. The fourth-order valence-corrected chi connectivity index (χ4v) is 6.06. The smallest absolute Gasteiger partial charge is 0.252 e. The highest BCUT2D eigenvalue weighted by molar-refractivity contribution is 7.91. The number of piperazine rings is 1. The Hall–Kier alpha value is -0.180. The number of hydrogen-bond acceptors (Lipinski definition) is 5. The molecular weight excluding hydrogens is 342 g/mol. The minimum atomic E-state index is -3.43. The number of nitrogens with zero attached hydrogens (tertiary/aromatic N) is 3. The molecule has 2 unspecified atom stereocenters. The van der Waals surface area contributed by atoms with E-state index < -0.39 is 10.0 Å².